The van der Waals surface area contributed by atoms with Crippen LogP contribution in [0.5, 0.6) is 0 Å². The molecule has 1 aromatic rings. The molecular weight excluding hydrogens is 242 g/mol. The zero-order valence-corrected chi connectivity index (χ0v) is 11.1. The van der Waals surface area contributed by atoms with Gasteiger partial charge in [0.15, 0.2) is 0 Å². The van der Waals surface area contributed by atoms with E-state index in [1.807, 2.05) is 31.2 Å². The number of carbonyl (C=O) groups excluding carboxylic acids is 1. The van der Waals surface area contributed by atoms with E-state index in [1.165, 1.54) is 6.20 Å². The summed E-state index contributed by atoms with van der Waals surface area (Å²) in [5.41, 5.74) is 1.74. The van der Waals surface area contributed by atoms with Crippen LogP contribution in [0.15, 0.2) is 36.0 Å². The second-order valence-corrected chi connectivity index (χ2v) is 3.94. The summed E-state index contributed by atoms with van der Waals surface area (Å²) in [4.78, 5) is 11.8. The predicted molar refractivity (Wildman–Crippen MR) is 73.4 cm³/mol. The van der Waals surface area contributed by atoms with Crippen LogP contribution in [-0.4, -0.2) is 26.2 Å². The summed E-state index contributed by atoms with van der Waals surface area (Å²) in [6.07, 6.45) is 1.39. The molecule has 1 rings (SSSR count). The number of carbonyl (C=O) groups is 1. The first kappa shape index (κ1) is 14.7. The van der Waals surface area contributed by atoms with Crippen molar-refractivity contribution in [3.63, 3.8) is 0 Å². The minimum atomic E-state index is -0.432. The standard InChI is InChI=1S/C14H17N3O2/c1-11-4-3-5-13(8-11)17-14(18)12(9-15)10-16-6-7-19-2/h3-5,8,10,16H,6-7H2,1-2H3,(H,17,18)/b12-10-. The molecule has 19 heavy (non-hydrogen) atoms. The molecule has 0 radical (unpaired) electrons. The molecule has 0 aliphatic rings. The molecule has 0 spiro atoms. The largest absolute Gasteiger partial charge is 0.387 e. The summed E-state index contributed by atoms with van der Waals surface area (Å²) in [5, 5.41) is 14.5. The Morgan fingerprint density at radius 3 is 2.95 bits per heavy atom. The number of hydrogen-bond acceptors (Lipinski definition) is 4. The molecule has 0 unspecified atom stereocenters. The number of aryl methyl sites for hydroxylation is 1. The fraction of sp³-hybridized carbons (Fsp3) is 0.286. The Bertz CT molecular complexity index is 504. The van der Waals surface area contributed by atoms with Crippen LogP contribution in [0.3, 0.4) is 0 Å². The van der Waals surface area contributed by atoms with E-state index >= 15 is 0 Å². The van der Waals surface area contributed by atoms with Gasteiger partial charge in [0.05, 0.1) is 6.61 Å². The molecule has 0 aliphatic heterocycles. The number of nitriles is 1. The van der Waals surface area contributed by atoms with Gasteiger partial charge in [-0.2, -0.15) is 5.26 Å². The highest BCUT2D eigenvalue weighted by Crippen LogP contribution is 2.10. The monoisotopic (exact) mass is 259 g/mol. The van der Waals surface area contributed by atoms with Crippen LogP contribution in [0.4, 0.5) is 5.69 Å². The summed E-state index contributed by atoms with van der Waals surface area (Å²) < 4.78 is 4.85. The maximum atomic E-state index is 11.8. The van der Waals surface area contributed by atoms with E-state index in [-0.39, 0.29) is 5.57 Å². The quantitative estimate of drug-likeness (QED) is 0.462. The van der Waals surface area contributed by atoms with Gasteiger partial charge in [0, 0.05) is 25.5 Å². The number of amides is 1. The summed E-state index contributed by atoms with van der Waals surface area (Å²) in [6.45, 7) is 2.98. The van der Waals surface area contributed by atoms with E-state index in [2.05, 4.69) is 10.6 Å². The van der Waals surface area contributed by atoms with E-state index in [0.29, 0.717) is 18.8 Å². The third-order valence-electron chi connectivity index (χ3n) is 2.34. The second-order valence-electron chi connectivity index (χ2n) is 3.94. The average Bonchev–Trinajstić information content (AvgIpc) is 2.38. The molecule has 0 atom stereocenters. The number of ether oxygens (including phenoxy) is 1. The van der Waals surface area contributed by atoms with E-state index in [1.54, 1.807) is 13.2 Å². The van der Waals surface area contributed by atoms with Crippen LogP contribution in [0.25, 0.3) is 0 Å². The fourth-order valence-electron chi connectivity index (χ4n) is 1.41. The molecular formula is C14H17N3O2. The molecule has 5 heteroatoms. The highest BCUT2D eigenvalue weighted by molar-refractivity contribution is 6.06. The molecule has 1 aromatic carbocycles. The van der Waals surface area contributed by atoms with Gasteiger partial charge in [0.2, 0.25) is 0 Å². The van der Waals surface area contributed by atoms with E-state index in [9.17, 15) is 4.79 Å². The number of anilines is 1. The number of benzene rings is 1. The van der Waals surface area contributed by atoms with Gasteiger partial charge in [-0.3, -0.25) is 4.79 Å². The molecule has 0 saturated carbocycles. The van der Waals surface area contributed by atoms with Gasteiger partial charge in [0.1, 0.15) is 11.6 Å². The first-order chi connectivity index (χ1) is 9.17. The lowest BCUT2D eigenvalue weighted by molar-refractivity contribution is -0.112. The second kappa shape index (κ2) is 7.90. The Morgan fingerprint density at radius 1 is 1.53 bits per heavy atom. The summed E-state index contributed by atoms with van der Waals surface area (Å²) in [7, 11) is 1.58. The zero-order valence-electron chi connectivity index (χ0n) is 11.1. The molecule has 0 bridgehead atoms. The first-order valence-corrected chi connectivity index (χ1v) is 5.88. The van der Waals surface area contributed by atoms with Crippen molar-refractivity contribution in [2.24, 2.45) is 0 Å². The van der Waals surface area contributed by atoms with E-state index in [0.717, 1.165) is 5.56 Å². The highest BCUT2D eigenvalue weighted by atomic mass is 16.5. The summed E-state index contributed by atoms with van der Waals surface area (Å²) in [6, 6.07) is 9.25. The SMILES string of the molecule is COCCN/C=C(/C#N)C(=O)Nc1cccc(C)c1. The van der Waals surface area contributed by atoms with Gasteiger partial charge in [-0.15, -0.1) is 0 Å². The van der Waals surface area contributed by atoms with Gasteiger partial charge in [-0.1, -0.05) is 12.1 Å². The van der Waals surface area contributed by atoms with Gasteiger partial charge in [-0.05, 0) is 24.6 Å². The maximum Gasteiger partial charge on any atom is 0.267 e. The molecule has 0 saturated heterocycles. The minimum absolute atomic E-state index is 0.0256. The van der Waals surface area contributed by atoms with Gasteiger partial charge < -0.3 is 15.4 Å². The summed E-state index contributed by atoms with van der Waals surface area (Å²) in [5.74, 6) is -0.432. The number of rotatable bonds is 6. The number of nitrogens with zero attached hydrogens (tertiary/aromatic N) is 1. The van der Waals surface area contributed by atoms with Crippen molar-refractivity contribution < 1.29 is 9.53 Å². The Hall–Kier alpha value is -2.32. The Morgan fingerprint density at radius 2 is 2.32 bits per heavy atom. The van der Waals surface area contributed by atoms with Gasteiger partial charge in [0.25, 0.3) is 5.91 Å². The first-order valence-electron chi connectivity index (χ1n) is 5.88. The Kier molecular flexibility index (Phi) is 6.13. The zero-order chi connectivity index (χ0) is 14.1. The van der Waals surface area contributed by atoms with Crippen molar-refractivity contribution in [3.05, 3.63) is 41.6 Å². The smallest absolute Gasteiger partial charge is 0.267 e. The van der Waals surface area contributed by atoms with E-state index in [4.69, 9.17) is 10.00 Å². The molecule has 0 heterocycles. The van der Waals surface area contributed by atoms with Crippen molar-refractivity contribution in [1.29, 1.82) is 5.26 Å². The van der Waals surface area contributed by atoms with Crippen molar-refractivity contribution >= 4 is 11.6 Å². The molecule has 0 aliphatic carbocycles. The highest BCUT2D eigenvalue weighted by Gasteiger charge is 2.08. The molecule has 1 amide bonds. The molecule has 0 aromatic heterocycles. The number of methoxy groups -OCH3 is 1. The van der Waals surface area contributed by atoms with Gasteiger partial charge >= 0.3 is 0 Å². The molecule has 100 valence electrons. The van der Waals surface area contributed by atoms with E-state index < -0.39 is 5.91 Å². The topological polar surface area (TPSA) is 74.1 Å². The predicted octanol–water partition coefficient (Wildman–Crippen LogP) is 1.58. The molecule has 5 nitrogen and oxygen atoms in total. The van der Waals surface area contributed by atoms with Gasteiger partial charge in [-0.25, -0.2) is 0 Å². The molecule has 0 fully saturated rings. The average molecular weight is 259 g/mol. The van der Waals surface area contributed by atoms with Crippen LogP contribution < -0.4 is 10.6 Å². The lowest BCUT2D eigenvalue weighted by Crippen LogP contribution is -2.18. The van der Waals surface area contributed by atoms with Crippen LogP contribution in [0.1, 0.15) is 5.56 Å². The van der Waals surface area contributed by atoms with Crippen LogP contribution in [-0.2, 0) is 9.53 Å². The van der Waals surface area contributed by atoms with Crippen LogP contribution >= 0.6 is 0 Å². The van der Waals surface area contributed by atoms with Crippen LogP contribution in [0, 0.1) is 18.3 Å². The Labute approximate surface area is 112 Å². The summed E-state index contributed by atoms with van der Waals surface area (Å²) >= 11 is 0. The lowest BCUT2D eigenvalue weighted by atomic mass is 10.2. The fourth-order valence-corrected chi connectivity index (χ4v) is 1.41. The number of nitrogens with one attached hydrogen (secondary N) is 2. The van der Waals surface area contributed by atoms with Crippen molar-refractivity contribution in [1.82, 2.24) is 5.32 Å². The van der Waals surface area contributed by atoms with Crippen molar-refractivity contribution in [2.75, 3.05) is 25.6 Å². The Balaban J connectivity index is 2.62. The third kappa shape index (κ3) is 5.23. The molecule has 2 N–H and O–H groups in total. The normalized spacial score (nSPS) is 10.7. The van der Waals surface area contributed by atoms with Crippen molar-refractivity contribution in [3.8, 4) is 6.07 Å². The minimum Gasteiger partial charge on any atom is -0.387 e. The maximum absolute atomic E-state index is 11.8. The number of hydrogen-bond donors (Lipinski definition) is 2. The third-order valence-corrected chi connectivity index (χ3v) is 2.34. The lowest BCUT2D eigenvalue weighted by Gasteiger charge is -2.05. The van der Waals surface area contributed by atoms with Crippen LogP contribution in [0.2, 0.25) is 0 Å². The van der Waals surface area contributed by atoms with Crippen molar-refractivity contribution in [2.45, 2.75) is 6.92 Å².